The number of benzene rings is 1. The van der Waals surface area contributed by atoms with Crippen molar-refractivity contribution in [3.63, 3.8) is 0 Å². The third kappa shape index (κ3) is 2.72. The van der Waals surface area contributed by atoms with Crippen LogP contribution in [0, 0.1) is 23.2 Å². The highest BCUT2D eigenvalue weighted by Gasteiger charge is 2.53. The maximum atomic E-state index is 12.9. The molecule has 4 aliphatic rings. The third-order valence-electron chi connectivity index (χ3n) is 5.89. The molecule has 0 aliphatic heterocycles. The van der Waals surface area contributed by atoms with Gasteiger partial charge in [-0.25, -0.2) is 0 Å². The van der Waals surface area contributed by atoms with Gasteiger partial charge in [-0.1, -0.05) is 23.2 Å². The summed E-state index contributed by atoms with van der Waals surface area (Å²) >= 11 is 13.6. The first-order valence-corrected chi connectivity index (χ1v) is 9.89. The smallest absolute Gasteiger partial charge is 0.149 e. The second-order valence-electron chi connectivity index (χ2n) is 7.49. The normalized spacial score (nSPS) is 35.8. The van der Waals surface area contributed by atoms with E-state index in [2.05, 4.69) is 0 Å². The van der Waals surface area contributed by atoms with E-state index in [1.807, 2.05) is 12.1 Å². The number of hydrogen-bond donors (Lipinski definition) is 0. The summed E-state index contributed by atoms with van der Waals surface area (Å²) in [6.45, 7) is 0. The van der Waals surface area contributed by atoms with Crippen molar-refractivity contribution in [1.29, 1.82) is 0 Å². The topological polar surface area (TPSA) is 17.1 Å². The molecular formula is C18H20Cl2OS. The molecule has 5 rings (SSSR count). The van der Waals surface area contributed by atoms with E-state index in [9.17, 15) is 4.79 Å². The van der Waals surface area contributed by atoms with Gasteiger partial charge in [0, 0.05) is 10.3 Å². The Morgan fingerprint density at radius 3 is 2.18 bits per heavy atom. The molecule has 4 bridgehead atoms. The molecule has 1 nitrogen and oxygen atoms in total. The second-order valence-corrected chi connectivity index (χ2v) is 9.35. The number of Topliss-reactive ketones (excluding diaryl/α,β-unsaturated/α-hetero) is 1. The highest BCUT2D eigenvalue weighted by Crippen LogP contribution is 2.60. The van der Waals surface area contributed by atoms with Gasteiger partial charge in [-0.05, 0) is 74.5 Å². The molecule has 1 aromatic carbocycles. The van der Waals surface area contributed by atoms with E-state index in [-0.39, 0.29) is 5.41 Å². The number of carbonyl (C=O) groups excluding carboxylic acids is 1. The van der Waals surface area contributed by atoms with Crippen molar-refractivity contribution in [3.05, 3.63) is 28.2 Å². The van der Waals surface area contributed by atoms with Crippen LogP contribution in [-0.2, 0) is 4.79 Å². The van der Waals surface area contributed by atoms with Crippen LogP contribution in [-0.4, -0.2) is 11.5 Å². The van der Waals surface area contributed by atoms with Gasteiger partial charge in [-0.15, -0.1) is 11.8 Å². The van der Waals surface area contributed by atoms with Crippen molar-refractivity contribution in [2.24, 2.45) is 23.2 Å². The van der Waals surface area contributed by atoms with Gasteiger partial charge in [-0.3, -0.25) is 4.79 Å². The number of rotatable bonds is 4. The third-order valence-corrected chi connectivity index (χ3v) is 7.62. The summed E-state index contributed by atoms with van der Waals surface area (Å²) in [6, 6.07) is 5.62. The van der Waals surface area contributed by atoms with Crippen LogP contribution in [0.3, 0.4) is 0 Å². The van der Waals surface area contributed by atoms with Crippen LogP contribution in [0.25, 0.3) is 0 Å². The number of thioether (sulfide) groups is 1. The minimum atomic E-state index is 0.0119. The molecule has 0 radical (unpaired) electrons. The first-order valence-electron chi connectivity index (χ1n) is 8.15. The van der Waals surface area contributed by atoms with Crippen molar-refractivity contribution in [1.82, 2.24) is 0 Å². The van der Waals surface area contributed by atoms with Crippen LogP contribution >= 0.6 is 35.0 Å². The van der Waals surface area contributed by atoms with E-state index in [1.165, 1.54) is 19.3 Å². The number of halogens is 2. The summed E-state index contributed by atoms with van der Waals surface area (Å²) in [6.07, 6.45) is 7.60. The highest BCUT2D eigenvalue weighted by atomic mass is 35.5. The van der Waals surface area contributed by atoms with Crippen LogP contribution in [0.5, 0.6) is 0 Å². The molecule has 0 spiro atoms. The highest BCUT2D eigenvalue weighted by molar-refractivity contribution is 8.00. The van der Waals surface area contributed by atoms with Gasteiger partial charge >= 0.3 is 0 Å². The molecule has 0 N–H and O–H groups in total. The standard InChI is InChI=1S/C18H20Cl2OS/c19-15-2-1-14(6-16(15)20)22-10-17(21)18-7-11-3-12(8-18)5-13(4-11)9-18/h1-2,6,11-13H,3-5,7-10H2. The molecule has 0 aromatic heterocycles. The lowest BCUT2D eigenvalue weighted by atomic mass is 9.48. The minimum Gasteiger partial charge on any atom is -0.298 e. The van der Waals surface area contributed by atoms with E-state index >= 15 is 0 Å². The SMILES string of the molecule is O=C(CSc1ccc(Cl)c(Cl)c1)C12CC3CC(CC(C3)C1)C2. The van der Waals surface area contributed by atoms with E-state index < -0.39 is 0 Å². The van der Waals surface area contributed by atoms with Crippen molar-refractivity contribution < 1.29 is 4.79 Å². The van der Waals surface area contributed by atoms with Gasteiger partial charge in [0.1, 0.15) is 5.78 Å². The van der Waals surface area contributed by atoms with Crippen molar-refractivity contribution in [3.8, 4) is 0 Å². The fourth-order valence-corrected chi connectivity index (χ4v) is 6.65. The summed E-state index contributed by atoms with van der Waals surface area (Å²) in [7, 11) is 0. The van der Waals surface area contributed by atoms with Crippen LogP contribution in [0.2, 0.25) is 10.0 Å². The van der Waals surface area contributed by atoms with Gasteiger partial charge in [-0.2, -0.15) is 0 Å². The maximum Gasteiger partial charge on any atom is 0.149 e. The van der Waals surface area contributed by atoms with Gasteiger partial charge in [0.2, 0.25) is 0 Å². The molecule has 4 aliphatic carbocycles. The molecule has 1 aromatic rings. The zero-order valence-corrected chi connectivity index (χ0v) is 14.8. The lowest BCUT2D eigenvalue weighted by molar-refractivity contribution is -0.141. The van der Waals surface area contributed by atoms with Crippen LogP contribution < -0.4 is 0 Å². The predicted molar refractivity (Wildman–Crippen MR) is 92.8 cm³/mol. The van der Waals surface area contributed by atoms with Gasteiger partial charge in [0.15, 0.2) is 0 Å². The molecule has 4 heteroatoms. The summed E-state index contributed by atoms with van der Waals surface area (Å²) in [4.78, 5) is 14.0. The quantitative estimate of drug-likeness (QED) is 0.628. The molecular weight excluding hydrogens is 335 g/mol. The molecule has 0 amide bonds. The lowest BCUT2D eigenvalue weighted by Crippen LogP contribution is -2.50. The molecule has 4 saturated carbocycles. The van der Waals surface area contributed by atoms with E-state index in [4.69, 9.17) is 23.2 Å². The fraction of sp³-hybridized carbons (Fsp3) is 0.611. The van der Waals surface area contributed by atoms with E-state index in [1.54, 1.807) is 17.8 Å². The Hall–Kier alpha value is -0.180. The number of carbonyl (C=O) groups is 1. The van der Waals surface area contributed by atoms with Crippen molar-refractivity contribution >= 4 is 40.7 Å². The Morgan fingerprint density at radius 1 is 1.05 bits per heavy atom. The number of hydrogen-bond acceptors (Lipinski definition) is 2. The Balaban J connectivity index is 1.45. The molecule has 0 unspecified atom stereocenters. The predicted octanol–water partition coefficient (Wildman–Crippen LogP) is 5.87. The van der Waals surface area contributed by atoms with Crippen LogP contribution in [0.15, 0.2) is 23.1 Å². The molecule has 22 heavy (non-hydrogen) atoms. The van der Waals surface area contributed by atoms with E-state index in [0.717, 1.165) is 41.9 Å². The Labute approximate surface area is 146 Å². The van der Waals surface area contributed by atoms with Crippen molar-refractivity contribution in [2.45, 2.75) is 43.4 Å². The van der Waals surface area contributed by atoms with Crippen LogP contribution in [0.1, 0.15) is 38.5 Å². The van der Waals surface area contributed by atoms with Gasteiger partial charge < -0.3 is 0 Å². The maximum absolute atomic E-state index is 12.9. The van der Waals surface area contributed by atoms with Crippen LogP contribution in [0.4, 0.5) is 0 Å². The minimum absolute atomic E-state index is 0.0119. The summed E-state index contributed by atoms with van der Waals surface area (Å²) in [5.41, 5.74) is 0.0119. The monoisotopic (exact) mass is 354 g/mol. The largest absolute Gasteiger partial charge is 0.298 e. The first kappa shape index (κ1) is 15.4. The second kappa shape index (κ2) is 5.72. The Bertz CT molecular complexity index is 578. The van der Waals surface area contributed by atoms with Crippen molar-refractivity contribution in [2.75, 3.05) is 5.75 Å². The summed E-state index contributed by atoms with van der Waals surface area (Å²) in [5.74, 6) is 3.52. The number of ketones is 1. The zero-order valence-electron chi connectivity index (χ0n) is 12.5. The molecule has 4 fully saturated rings. The van der Waals surface area contributed by atoms with Gasteiger partial charge in [0.25, 0.3) is 0 Å². The van der Waals surface area contributed by atoms with E-state index in [0.29, 0.717) is 21.6 Å². The fourth-order valence-electron chi connectivity index (χ4n) is 5.32. The average molecular weight is 355 g/mol. The average Bonchev–Trinajstić information content (AvgIpc) is 2.46. The summed E-state index contributed by atoms with van der Waals surface area (Å²) in [5, 5.41) is 1.13. The van der Waals surface area contributed by atoms with Gasteiger partial charge in [0.05, 0.1) is 15.8 Å². The molecule has 0 atom stereocenters. The zero-order chi connectivity index (χ0) is 15.3. The molecule has 0 heterocycles. The molecule has 0 saturated heterocycles. The lowest BCUT2D eigenvalue weighted by Gasteiger charge is -2.56. The Kier molecular flexibility index (Phi) is 3.99. The Morgan fingerprint density at radius 2 is 1.64 bits per heavy atom. The summed E-state index contributed by atoms with van der Waals surface area (Å²) < 4.78 is 0. The molecule has 118 valence electrons. The first-order chi connectivity index (χ1) is 10.5.